The molecule has 1 unspecified atom stereocenters. The summed E-state index contributed by atoms with van der Waals surface area (Å²) in [6.07, 6.45) is 1.14. The third-order valence-corrected chi connectivity index (χ3v) is 3.77. The molecule has 1 aromatic carbocycles. The average Bonchev–Trinajstić information content (AvgIpc) is 2.72. The van der Waals surface area contributed by atoms with Gasteiger partial charge in [0.05, 0.1) is 6.54 Å². The van der Waals surface area contributed by atoms with E-state index in [1.807, 2.05) is 0 Å². The zero-order chi connectivity index (χ0) is 13.1. The number of para-hydroxylation sites is 1. The highest BCUT2D eigenvalue weighted by atomic mass is 16.3. The lowest BCUT2D eigenvalue weighted by molar-refractivity contribution is 0.511. The Bertz CT molecular complexity index is 527. The number of furan rings is 1. The molecule has 0 aliphatic heterocycles. The van der Waals surface area contributed by atoms with E-state index in [9.17, 15) is 0 Å². The number of nitrogens with one attached hydrogen (secondary N) is 1. The van der Waals surface area contributed by atoms with Gasteiger partial charge < -0.3 is 9.73 Å². The van der Waals surface area contributed by atoms with Crippen LogP contribution in [-0.4, -0.2) is 6.54 Å². The van der Waals surface area contributed by atoms with Crippen molar-refractivity contribution in [2.24, 2.45) is 0 Å². The van der Waals surface area contributed by atoms with Crippen LogP contribution in [0.4, 0.5) is 0 Å². The summed E-state index contributed by atoms with van der Waals surface area (Å²) in [6.45, 7) is 10.5. The monoisotopic (exact) mass is 245 g/mol. The number of fused-ring (bicyclic) bond motifs is 1. The maximum absolute atomic E-state index is 6.09. The molecular weight excluding hydrogens is 222 g/mol. The molecule has 1 N–H and O–H groups in total. The molecule has 1 heterocycles. The van der Waals surface area contributed by atoms with Gasteiger partial charge in [0.2, 0.25) is 0 Å². The molecule has 2 heteroatoms. The largest absolute Gasteiger partial charge is 0.459 e. The summed E-state index contributed by atoms with van der Waals surface area (Å²) in [6, 6.07) is 6.50. The predicted octanol–water partition coefficient (Wildman–Crippen LogP) is 4.36. The summed E-state index contributed by atoms with van der Waals surface area (Å²) in [5, 5.41) is 4.60. The van der Waals surface area contributed by atoms with E-state index >= 15 is 0 Å². The second kappa shape index (κ2) is 5.57. The van der Waals surface area contributed by atoms with Gasteiger partial charge >= 0.3 is 0 Å². The first-order valence-electron chi connectivity index (χ1n) is 6.90. The van der Waals surface area contributed by atoms with Gasteiger partial charge in [0, 0.05) is 5.39 Å². The molecule has 0 aliphatic carbocycles. The molecule has 0 bridgehead atoms. The quantitative estimate of drug-likeness (QED) is 0.846. The van der Waals surface area contributed by atoms with E-state index in [0.717, 1.165) is 30.9 Å². The van der Waals surface area contributed by atoms with Crippen molar-refractivity contribution in [3.05, 3.63) is 35.1 Å². The van der Waals surface area contributed by atoms with Gasteiger partial charge in [0.25, 0.3) is 0 Å². The molecule has 2 nitrogen and oxygen atoms in total. The fourth-order valence-corrected chi connectivity index (χ4v) is 2.33. The van der Waals surface area contributed by atoms with Crippen molar-refractivity contribution in [2.45, 2.75) is 46.6 Å². The number of benzene rings is 1. The number of rotatable bonds is 5. The van der Waals surface area contributed by atoms with Crippen LogP contribution in [-0.2, 0) is 6.54 Å². The van der Waals surface area contributed by atoms with Gasteiger partial charge in [-0.05, 0) is 36.9 Å². The number of hydrogen-bond donors (Lipinski definition) is 1. The maximum atomic E-state index is 6.09. The van der Waals surface area contributed by atoms with E-state index in [2.05, 4.69) is 51.2 Å². The molecule has 0 aliphatic rings. The Morgan fingerprint density at radius 2 is 2.06 bits per heavy atom. The van der Waals surface area contributed by atoms with Crippen LogP contribution in [0.25, 0.3) is 11.0 Å². The summed E-state index contributed by atoms with van der Waals surface area (Å²) < 4.78 is 6.09. The molecule has 18 heavy (non-hydrogen) atoms. The summed E-state index contributed by atoms with van der Waals surface area (Å²) in [7, 11) is 0. The fourth-order valence-electron chi connectivity index (χ4n) is 2.33. The first-order valence-corrected chi connectivity index (χ1v) is 6.90. The molecule has 1 atom stereocenters. The van der Waals surface area contributed by atoms with Crippen LogP contribution in [0.2, 0.25) is 0 Å². The van der Waals surface area contributed by atoms with Gasteiger partial charge in [-0.1, -0.05) is 39.0 Å². The molecule has 0 saturated heterocycles. The zero-order valence-corrected chi connectivity index (χ0v) is 11.8. The van der Waals surface area contributed by atoms with Crippen molar-refractivity contribution in [1.29, 1.82) is 0 Å². The predicted molar refractivity (Wildman–Crippen MR) is 77.0 cm³/mol. The van der Waals surface area contributed by atoms with Crippen LogP contribution in [0.3, 0.4) is 0 Å². The molecule has 0 fully saturated rings. The second-order valence-electron chi connectivity index (χ2n) is 4.96. The normalized spacial score (nSPS) is 13.1. The molecular formula is C16H23NO. The Balaban J connectivity index is 2.50. The molecule has 0 spiro atoms. The molecule has 0 saturated carbocycles. The summed E-state index contributed by atoms with van der Waals surface area (Å²) in [5.41, 5.74) is 3.69. The first-order chi connectivity index (χ1) is 8.69. The minimum atomic E-state index is 0.547. The third kappa shape index (κ3) is 2.30. The summed E-state index contributed by atoms with van der Waals surface area (Å²) >= 11 is 0. The van der Waals surface area contributed by atoms with Crippen LogP contribution >= 0.6 is 0 Å². The molecule has 1 aromatic heterocycles. The highest BCUT2D eigenvalue weighted by Gasteiger charge is 2.15. The average molecular weight is 245 g/mol. The van der Waals surface area contributed by atoms with Gasteiger partial charge in [-0.3, -0.25) is 0 Å². The van der Waals surface area contributed by atoms with Crippen molar-refractivity contribution < 1.29 is 4.42 Å². The Morgan fingerprint density at radius 3 is 2.72 bits per heavy atom. The van der Waals surface area contributed by atoms with E-state index in [0.29, 0.717) is 5.92 Å². The van der Waals surface area contributed by atoms with Crippen LogP contribution < -0.4 is 5.32 Å². The number of hydrogen-bond acceptors (Lipinski definition) is 2. The lowest BCUT2D eigenvalue weighted by Crippen LogP contribution is -2.11. The van der Waals surface area contributed by atoms with Gasteiger partial charge in [-0.2, -0.15) is 0 Å². The maximum Gasteiger partial charge on any atom is 0.138 e. The Hall–Kier alpha value is -1.28. The Labute approximate surface area is 109 Å². The van der Waals surface area contributed by atoms with E-state index < -0.39 is 0 Å². The Morgan fingerprint density at radius 1 is 1.28 bits per heavy atom. The number of aryl methyl sites for hydroxylation is 1. The van der Waals surface area contributed by atoms with Crippen LogP contribution in [0.1, 0.15) is 50.0 Å². The highest BCUT2D eigenvalue weighted by molar-refractivity contribution is 5.85. The van der Waals surface area contributed by atoms with E-state index in [4.69, 9.17) is 4.42 Å². The van der Waals surface area contributed by atoms with E-state index in [-0.39, 0.29) is 0 Å². The van der Waals surface area contributed by atoms with Crippen LogP contribution in [0, 0.1) is 6.92 Å². The third-order valence-electron chi connectivity index (χ3n) is 3.77. The SMILES string of the molecule is CCNCc1oc2c(C(C)CC)cccc2c1C. The molecule has 0 amide bonds. The van der Waals surface area contributed by atoms with Crippen LogP contribution in [0.5, 0.6) is 0 Å². The van der Waals surface area contributed by atoms with Gasteiger partial charge in [-0.25, -0.2) is 0 Å². The van der Waals surface area contributed by atoms with Crippen molar-refractivity contribution in [3.63, 3.8) is 0 Å². The molecule has 2 aromatic rings. The first kappa shape index (κ1) is 13.2. The summed E-state index contributed by atoms with van der Waals surface area (Å²) in [5.74, 6) is 1.62. The smallest absolute Gasteiger partial charge is 0.138 e. The standard InChI is InChI=1S/C16H23NO/c1-5-11(3)13-8-7-9-14-12(4)15(10-17-6-2)18-16(13)14/h7-9,11,17H,5-6,10H2,1-4H3. The lowest BCUT2D eigenvalue weighted by atomic mass is 9.96. The minimum Gasteiger partial charge on any atom is -0.459 e. The van der Waals surface area contributed by atoms with Gasteiger partial charge in [0.1, 0.15) is 11.3 Å². The van der Waals surface area contributed by atoms with Gasteiger partial charge in [-0.15, -0.1) is 0 Å². The van der Waals surface area contributed by atoms with Crippen molar-refractivity contribution >= 4 is 11.0 Å². The van der Waals surface area contributed by atoms with Gasteiger partial charge in [0.15, 0.2) is 0 Å². The highest BCUT2D eigenvalue weighted by Crippen LogP contribution is 2.32. The minimum absolute atomic E-state index is 0.547. The molecule has 98 valence electrons. The Kier molecular flexibility index (Phi) is 4.07. The zero-order valence-electron chi connectivity index (χ0n) is 11.8. The van der Waals surface area contributed by atoms with Crippen molar-refractivity contribution in [1.82, 2.24) is 5.32 Å². The van der Waals surface area contributed by atoms with E-state index in [1.54, 1.807) is 0 Å². The lowest BCUT2D eigenvalue weighted by Gasteiger charge is -2.08. The second-order valence-corrected chi connectivity index (χ2v) is 4.96. The fraction of sp³-hybridized carbons (Fsp3) is 0.500. The van der Waals surface area contributed by atoms with E-state index in [1.165, 1.54) is 16.5 Å². The summed E-state index contributed by atoms with van der Waals surface area (Å²) in [4.78, 5) is 0. The van der Waals surface area contributed by atoms with Crippen LogP contribution in [0.15, 0.2) is 22.6 Å². The van der Waals surface area contributed by atoms with Crippen molar-refractivity contribution in [3.8, 4) is 0 Å². The van der Waals surface area contributed by atoms with Crippen molar-refractivity contribution in [2.75, 3.05) is 6.54 Å². The topological polar surface area (TPSA) is 25.2 Å². The molecule has 0 radical (unpaired) electrons. The molecule has 2 rings (SSSR count).